The molecular formula is C18H30N4O. The van der Waals surface area contributed by atoms with Gasteiger partial charge in [0.05, 0.1) is 13.2 Å². The molecule has 23 heavy (non-hydrogen) atoms. The van der Waals surface area contributed by atoms with Crippen molar-refractivity contribution < 1.29 is 4.74 Å². The standard InChI is InChI=1S/C18H30N4O/c1-15(2)12-20-18(19-3)21-13-16-6-4-5-7-17(16)14-22-8-10-23-11-9-22/h4-7,15H,8-14H2,1-3H3,(H2,19,20,21). The van der Waals surface area contributed by atoms with Gasteiger partial charge in [0.2, 0.25) is 0 Å². The van der Waals surface area contributed by atoms with E-state index in [4.69, 9.17) is 4.74 Å². The zero-order valence-corrected chi connectivity index (χ0v) is 14.6. The molecule has 5 nitrogen and oxygen atoms in total. The van der Waals surface area contributed by atoms with E-state index in [9.17, 15) is 0 Å². The maximum Gasteiger partial charge on any atom is 0.191 e. The van der Waals surface area contributed by atoms with E-state index in [1.807, 2.05) is 7.05 Å². The fourth-order valence-corrected chi connectivity index (χ4v) is 2.58. The molecule has 0 bridgehead atoms. The molecule has 1 aromatic carbocycles. The number of hydrogen-bond acceptors (Lipinski definition) is 3. The van der Waals surface area contributed by atoms with Gasteiger partial charge in [-0.1, -0.05) is 38.1 Å². The second-order valence-electron chi connectivity index (χ2n) is 6.36. The van der Waals surface area contributed by atoms with Gasteiger partial charge in [-0.2, -0.15) is 0 Å². The molecule has 0 spiro atoms. The summed E-state index contributed by atoms with van der Waals surface area (Å²) in [5, 5.41) is 6.77. The van der Waals surface area contributed by atoms with Crippen LogP contribution in [0.25, 0.3) is 0 Å². The number of aliphatic imine (C=N–C) groups is 1. The van der Waals surface area contributed by atoms with Crippen molar-refractivity contribution in [2.75, 3.05) is 39.9 Å². The van der Waals surface area contributed by atoms with Crippen molar-refractivity contribution in [3.8, 4) is 0 Å². The van der Waals surface area contributed by atoms with E-state index in [1.54, 1.807) is 0 Å². The molecule has 2 rings (SSSR count). The van der Waals surface area contributed by atoms with E-state index in [-0.39, 0.29) is 0 Å². The molecule has 5 heteroatoms. The number of hydrogen-bond donors (Lipinski definition) is 2. The summed E-state index contributed by atoms with van der Waals surface area (Å²) in [7, 11) is 1.81. The first-order valence-corrected chi connectivity index (χ1v) is 8.50. The minimum absolute atomic E-state index is 0.599. The van der Waals surface area contributed by atoms with Gasteiger partial charge in [0.15, 0.2) is 5.96 Å². The van der Waals surface area contributed by atoms with Gasteiger partial charge in [0, 0.05) is 39.8 Å². The molecule has 0 unspecified atom stereocenters. The Bertz CT molecular complexity index is 496. The summed E-state index contributed by atoms with van der Waals surface area (Å²) in [5.41, 5.74) is 2.70. The number of nitrogens with one attached hydrogen (secondary N) is 2. The molecule has 0 amide bonds. The fraction of sp³-hybridized carbons (Fsp3) is 0.611. The van der Waals surface area contributed by atoms with E-state index in [1.165, 1.54) is 11.1 Å². The average Bonchev–Trinajstić information content (AvgIpc) is 2.57. The summed E-state index contributed by atoms with van der Waals surface area (Å²) >= 11 is 0. The van der Waals surface area contributed by atoms with Crippen LogP contribution in [0.3, 0.4) is 0 Å². The lowest BCUT2D eigenvalue weighted by atomic mass is 10.1. The van der Waals surface area contributed by atoms with Crippen LogP contribution >= 0.6 is 0 Å². The van der Waals surface area contributed by atoms with Gasteiger partial charge >= 0.3 is 0 Å². The van der Waals surface area contributed by atoms with Gasteiger partial charge in [-0.25, -0.2) is 0 Å². The van der Waals surface area contributed by atoms with Crippen molar-refractivity contribution in [1.82, 2.24) is 15.5 Å². The van der Waals surface area contributed by atoms with Gasteiger partial charge in [0.1, 0.15) is 0 Å². The molecule has 0 atom stereocenters. The molecule has 0 aromatic heterocycles. The summed E-state index contributed by atoms with van der Waals surface area (Å²) in [6.07, 6.45) is 0. The van der Waals surface area contributed by atoms with Crippen LogP contribution in [-0.4, -0.2) is 50.8 Å². The van der Waals surface area contributed by atoms with Gasteiger partial charge in [0.25, 0.3) is 0 Å². The average molecular weight is 318 g/mol. The maximum absolute atomic E-state index is 5.43. The van der Waals surface area contributed by atoms with Crippen LogP contribution in [0.15, 0.2) is 29.3 Å². The van der Waals surface area contributed by atoms with Gasteiger partial charge in [-0.3, -0.25) is 9.89 Å². The molecule has 2 N–H and O–H groups in total. The Morgan fingerprint density at radius 3 is 2.52 bits per heavy atom. The Labute approximate surface area is 140 Å². The van der Waals surface area contributed by atoms with Crippen LogP contribution in [0.5, 0.6) is 0 Å². The third-order valence-electron chi connectivity index (χ3n) is 3.96. The van der Waals surface area contributed by atoms with Crippen LogP contribution in [0.2, 0.25) is 0 Å². The van der Waals surface area contributed by atoms with Gasteiger partial charge < -0.3 is 15.4 Å². The Balaban J connectivity index is 1.91. The zero-order chi connectivity index (χ0) is 16.5. The smallest absolute Gasteiger partial charge is 0.191 e. The molecule has 128 valence electrons. The molecule has 0 saturated carbocycles. The number of guanidine groups is 1. The van der Waals surface area contributed by atoms with Crippen molar-refractivity contribution in [1.29, 1.82) is 0 Å². The molecule has 1 aliphatic rings. The molecular weight excluding hydrogens is 288 g/mol. The van der Waals surface area contributed by atoms with Crippen LogP contribution in [0.1, 0.15) is 25.0 Å². The van der Waals surface area contributed by atoms with Crippen molar-refractivity contribution in [2.24, 2.45) is 10.9 Å². The highest BCUT2D eigenvalue weighted by Gasteiger charge is 2.12. The van der Waals surface area contributed by atoms with Gasteiger partial charge in [-0.05, 0) is 17.0 Å². The third-order valence-corrected chi connectivity index (χ3v) is 3.96. The van der Waals surface area contributed by atoms with Crippen LogP contribution < -0.4 is 10.6 Å². The molecule has 1 aromatic rings. The van der Waals surface area contributed by atoms with Crippen molar-refractivity contribution in [2.45, 2.75) is 26.9 Å². The predicted molar refractivity (Wildman–Crippen MR) is 95.6 cm³/mol. The number of morpholine rings is 1. The second kappa shape index (κ2) is 9.53. The lowest BCUT2D eigenvalue weighted by molar-refractivity contribution is 0.0341. The zero-order valence-electron chi connectivity index (χ0n) is 14.6. The largest absolute Gasteiger partial charge is 0.379 e. The highest BCUT2D eigenvalue weighted by atomic mass is 16.5. The van der Waals surface area contributed by atoms with E-state index < -0.39 is 0 Å². The summed E-state index contributed by atoms with van der Waals surface area (Å²) in [6, 6.07) is 8.63. The minimum atomic E-state index is 0.599. The maximum atomic E-state index is 5.43. The Morgan fingerprint density at radius 1 is 1.17 bits per heavy atom. The second-order valence-corrected chi connectivity index (χ2v) is 6.36. The highest BCUT2D eigenvalue weighted by molar-refractivity contribution is 5.79. The number of ether oxygens (including phenoxy) is 1. The number of benzene rings is 1. The fourth-order valence-electron chi connectivity index (χ4n) is 2.58. The predicted octanol–water partition coefficient (Wildman–Crippen LogP) is 1.84. The first kappa shape index (κ1) is 17.8. The Kier molecular flexibility index (Phi) is 7.36. The van der Waals surface area contributed by atoms with Crippen LogP contribution in [0, 0.1) is 5.92 Å². The summed E-state index contributed by atoms with van der Waals surface area (Å²) in [6.45, 7) is 10.8. The first-order valence-electron chi connectivity index (χ1n) is 8.50. The molecule has 1 heterocycles. The molecule has 1 fully saturated rings. The third kappa shape index (κ3) is 6.20. The minimum Gasteiger partial charge on any atom is -0.379 e. The van der Waals surface area contributed by atoms with Crippen LogP contribution in [-0.2, 0) is 17.8 Å². The Morgan fingerprint density at radius 2 is 1.87 bits per heavy atom. The molecule has 1 saturated heterocycles. The quantitative estimate of drug-likeness (QED) is 0.621. The molecule has 0 radical (unpaired) electrons. The monoisotopic (exact) mass is 318 g/mol. The number of nitrogens with zero attached hydrogens (tertiary/aromatic N) is 2. The lowest BCUT2D eigenvalue weighted by Crippen LogP contribution is -2.39. The van der Waals surface area contributed by atoms with E-state index in [0.717, 1.165) is 51.9 Å². The normalized spacial score (nSPS) is 16.6. The highest BCUT2D eigenvalue weighted by Crippen LogP contribution is 2.12. The van der Waals surface area contributed by atoms with E-state index >= 15 is 0 Å². The molecule has 0 aliphatic carbocycles. The Hall–Kier alpha value is -1.59. The lowest BCUT2D eigenvalue weighted by Gasteiger charge is -2.27. The topological polar surface area (TPSA) is 48.9 Å². The van der Waals surface area contributed by atoms with Gasteiger partial charge in [-0.15, -0.1) is 0 Å². The summed E-state index contributed by atoms with van der Waals surface area (Å²) < 4.78 is 5.43. The van der Waals surface area contributed by atoms with Crippen molar-refractivity contribution >= 4 is 5.96 Å². The summed E-state index contributed by atoms with van der Waals surface area (Å²) in [4.78, 5) is 6.74. The summed E-state index contributed by atoms with van der Waals surface area (Å²) in [5.74, 6) is 1.46. The van der Waals surface area contributed by atoms with Crippen molar-refractivity contribution in [3.05, 3.63) is 35.4 Å². The van der Waals surface area contributed by atoms with E-state index in [0.29, 0.717) is 5.92 Å². The van der Waals surface area contributed by atoms with Crippen LogP contribution in [0.4, 0.5) is 0 Å². The SMILES string of the molecule is CN=C(NCc1ccccc1CN1CCOCC1)NCC(C)C. The molecule has 1 aliphatic heterocycles. The number of rotatable bonds is 6. The van der Waals surface area contributed by atoms with Crippen molar-refractivity contribution in [3.63, 3.8) is 0 Å². The van der Waals surface area contributed by atoms with E-state index in [2.05, 4.69) is 58.6 Å². The first-order chi connectivity index (χ1) is 11.2.